The molecule has 4 heteroatoms. The topological polar surface area (TPSA) is 52.9 Å². The minimum atomic E-state index is -0.492. The molecule has 1 saturated heterocycles. The second-order valence-corrected chi connectivity index (χ2v) is 7.47. The van der Waals surface area contributed by atoms with Gasteiger partial charge in [-0.1, -0.05) is 39.0 Å². The Morgan fingerprint density at radius 1 is 1.21 bits per heavy atom. The predicted octanol–water partition coefficient (Wildman–Crippen LogP) is 3.03. The van der Waals surface area contributed by atoms with Crippen LogP contribution in [0.25, 0.3) is 0 Å². The number of rotatable bonds is 8. The number of nitrogens with zero attached hydrogens (tertiary/aromatic N) is 1. The number of aliphatic hydroxyl groups is 2. The van der Waals surface area contributed by atoms with Gasteiger partial charge in [0.15, 0.2) is 0 Å². The number of hydrogen-bond acceptors (Lipinski definition) is 4. The average Bonchev–Trinajstić information content (AvgIpc) is 2.61. The summed E-state index contributed by atoms with van der Waals surface area (Å²) in [4.78, 5) is 2.28. The van der Waals surface area contributed by atoms with Crippen molar-refractivity contribution in [1.82, 2.24) is 4.90 Å². The third-order valence-electron chi connectivity index (χ3n) is 5.44. The number of β-amino-alcohol motifs (C(OH)–C–C–N with tert-alkyl or cyclic N) is 1. The summed E-state index contributed by atoms with van der Waals surface area (Å²) in [5, 5.41) is 19.9. The molecular weight excluding hydrogens is 302 g/mol. The van der Waals surface area contributed by atoms with Gasteiger partial charge in [0.2, 0.25) is 0 Å². The molecule has 0 spiro atoms. The van der Waals surface area contributed by atoms with Crippen LogP contribution in [-0.4, -0.2) is 54.1 Å². The van der Waals surface area contributed by atoms with Crippen molar-refractivity contribution in [2.75, 3.05) is 32.8 Å². The van der Waals surface area contributed by atoms with Crippen molar-refractivity contribution in [3.63, 3.8) is 0 Å². The lowest BCUT2D eigenvalue weighted by molar-refractivity contribution is 0.0120. The van der Waals surface area contributed by atoms with Crippen molar-refractivity contribution in [2.45, 2.75) is 52.1 Å². The molecule has 2 rings (SSSR count). The molecule has 0 radical (unpaired) electrons. The Kier molecular flexibility index (Phi) is 7.08. The van der Waals surface area contributed by atoms with Crippen molar-refractivity contribution in [2.24, 2.45) is 5.41 Å². The highest BCUT2D eigenvalue weighted by molar-refractivity contribution is 5.35. The van der Waals surface area contributed by atoms with Gasteiger partial charge < -0.3 is 19.8 Å². The van der Waals surface area contributed by atoms with Crippen molar-refractivity contribution in [3.8, 4) is 5.75 Å². The minimum Gasteiger partial charge on any atom is -0.491 e. The first-order chi connectivity index (χ1) is 11.5. The van der Waals surface area contributed by atoms with E-state index in [1.54, 1.807) is 0 Å². The smallest absolute Gasteiger partial charge is 0.122 e. The Labute approximate surface area is 146 Å². The van der Waals surface area contributed by atoms with Crippen LogP contribution in [0.5, 0.6) is 5.75 Å². The van der Waals surface area contributed by atoms with E-state index in [-0.39, 0.29) is 12.0 Å². The number of aliphatic hydroxyl groups excluding tert-OH is 2. The van der Waals surface area contributed by atoms with Gasteiger partial charge in [0.25, 0.3) is 0 Å². The van der Waals surface area contributed by atoms with Crippen LogP contribution in [0.2, 0.25) is 0 Å². The molecule has 1 aromatic carbocycles. The number of likely N-dealkylation sites (tertiary alicyclic amines) is 1. The molecule has 1 heterocycles. The Hall–Kier alpha value is -1.10. The van der Waals surface area contributed by atoms with E-state index in [0.29, 0.717) is 19.1 Å². The van der Waals surface area contributed by atoms with Crippen molar-refractivity contribution in [1.29, 1.82) is 0 Å². The molecule has 0 saturated carbocycles. The Morgan fingerprint density at radius 2 is 1.88 bits per heavy atom. The van der Waals surface area contributed by atoms with Crippen LogP contribution >= 0.6 is 0 Å². The zero-order chi connectivity index (χ0) is 17.6. The van der Waals surface area contributed by atoms with Gasteiger partial charge in [0, 0.05) is 13.2 Å². The maximum Gasteiger partial charge on any atom is 0.122 e. The van der Waals surface area contributed by atoms with E-state index in [4.69, 9.17) is 4.74 Å². The summed E-state index contributed by atoms with van der Waals surface area (Å²) in [7, 11) is 0. The lowest BCUT2D eigenvalue weighted by Gasteiger charge is -2.40. The highest BCUT2D eigenvalue weighted by Gasteiger charge is 2.32. The number of benzene rings is 1. The van der Waals surface area contributed by atoms with Crippen LogP contribution in [0.4, 0.5) is 0 Å². The highest BCUT2D eigenvalue weighted by atomic mass is 16.5. The Bertz CT molecular complexity index is 489. The molecule has 2 N–H and O–H groups in total. The molecule has 1 aliphatic rings. The molecular formula is C20H33NO3. The summed E-state index contributed by atoms with van der Waals surface area (Å²) in [5.41, 5.74) is 1.27. The lowest BCUT2D eigenvalue weighted by Crippen LogP contribution is -2.45. The van der Waals surface area contributed by atoms with Crippen LogP contribution in [0.3, 0.4) is 0 Å². The van der Waals surface area contributed by atoms with Gasteiger partial charge in [0.05, 0.1) is 0 Å². The molecule has 136 valence electrons. The fraction of sp³-hybridized carbons (Fsp3) is 0.700. The van der Waals surface area contributed by atoms with E-state index in [1.807, 2.05) is 18.2 Å². The SMILES string of the molecule is CCC1(CO)CCN(CC(O)COc2ccccc2C(C)C)CC1. The largest absolute Gasteiger partial charge is 0.491 e. The first-order valence-corrected chi connectivity index (χ1v) is 9.22. The van der Waals surface area contributed by atoms with E-state index in [2.05, 4.69) is 31.7 Å². The monoisotopic (exact) mass is 335 g/mol. The second-order valence-electron chi connectivity index (χ2n) is 7.47. The third-order valence-corrected chi connectivity index (χ3v) is 5.44. The summed E-state index contributed by atoms with van der Waals surface area (Å²) in [5.74, 6) is 1.27. The molecule has 4 nitrogen and oxygen atoms in total. The maximum atomic E-state index is 10.3. The number of hydrogen-bond donors (Lipinski definition) is 2. The van der Waals surface area contributed by atoms with E-state index < -0.39 is 6.10 Å². The molecule has 24 heavy (non-hydrogen) atoms. The van der Waals surface area contributed by atoms with Crippen molar-refractivity contribution < 1.29 is 14.9 Å². The molecule has 0 aromatic heterocycles. The fourth-order valence-electron chi connectivity index (χ4n) is 3.46. The predicted molar refractivity (Wildman–Crippen MR) is 97.5 cm³/mol. The summed E-state index contributed by atoms with van der Waals surface area (Å²) < 4.78 is 5.87. The quantitative estimate of drug-likeness (QED) is 0.767. The van der Waals surface area contributed by atoms with Crippen molar-refractivity contribution >= 4 is 0 Å². The zero-order valence-electron chi connectivity index (χ0n) is 15.4. The van der Waals surface area contributed by atoms with E-state index in [9.17, 15) is 10.2 Å². The number of para-hydroxylation sites is 1. The summed E-state index contributed by atoms with van der Waals surface area (Å²) in [6.45, 7) is 9.55. The molecule has 1 aromatic rings. The van der Waals surface area contributed by atoms with Crippen LogP contribution in [0, 0.1) is 5.41 Å². The Morgan fingerprint density at radius 3 is 2.46 bits per heavy atom. The van der Waals surface area contributed by atoms with Gasteiger partial charge in [-0.05, 0) is 55.3 Å². The molecule has 0 bridgehead atoms. The zero-order valence-corrected chi connectivity index (χ0v) is 15.4. The number of ether oxygens (including phenoxy) is 1. The standard InChI is InChI=1S/C20H33NO3/c1-4-20(15-22)9-11-21(12-10-20)13-17(23)14-24-19-8-6-5-7-18(19)16(2)3/h5-8,16-17,22-23H,4,9-15H2,1-3H3. The molecule has 1 atom stereocenters. The number of piperidine rings is 1. The van der Waals surface area contributed by atoms with Crippen molar-refractivity contribution in [3.05, 3.63) is 29.8 Å². The second kappa shape index (κ2) is 8.84. The molecule has 0 aliphatic carbocycles. The lowest BCUT2D eigenvalue weighted by atomic mass is 9.77. The molecule has 1 fully saturated rings. The van der Waals surface area contributed by atoms with Gasteiger partial charge in [-0.2, -0.15) is 0 Å². The first-order valence-electron chi connectivity index (χ1n) is 9.22. The van der Waals surface area contributed by atoms with E-state index in [0.717, 1.165) is 38.1 Å². The van der Waals surface area contributed by atoms with Gasteiger partial charge >= 0.3 is 0 Å². The van der Waals surface area contributed by atoms with Gasteiger partial charge in [0.1, 0.15) is 18.5 Å². The fourth-order valence-corrected chi connectivity index (χ4v) is 3.46. The van der Waals surface area contributed by atoms with Crippen LogP contribution in [-0.2, 0) is 0 Å². The maximum absolute atomic E-state index is 10.3. The molecule has 1 unspecified atom stereocenters. The first kappa shape index (κ1) is 19.2. The average molecular weight is 335 g/mol. The van der Waals surface area contributed by atoms with E-state index >= 15 is 0 Å². The van der Waals surface area contributed by atoms with Gasteiger partial charge in [-0.3, -0.25) is 0 Å². The summed E-state index contributed by atoms with van der Waals surface area (Å²) in [6.07, 6.45) is 2.54. The van der Waals surface area contributed by atoms with Crippen LogP contribution in [0.1, 0.15) is 51.5 Å². The summed E-state index contributed by atoms with van der Waals surface area (Å²) >= 11 is 0. The normalized spacial score (nSPS) is 19.4. The molecule has 1 aliphatic heterocycles. The third kappa shape index (κ3) is 4.95. The minimum absolute atomic E-state index is 0.0914. The summed E-state index contributed by atoms with van der Waals surface area (Å²) in [6, 6.07) is 8.04. The van der Waals surface area contributed by atoms with E-state index in [1.165, 1.54) is 5.56 Å². The van der Waals surface area contributed by atoms with Crippen LogP contribution < -0.4 is 4.74 Å². The molecule has 0 amide bonds. The van der Waals surface area contributed by atoms with Gasteiger partial charge in [-0.25, -0.2) is 0 Å². The van der Waals surface area contributed by atoms with Gasteiger partial charge in [-0.15, -0.1) is 0 Å². The Balaban J connectivity index is 1.80. The highest BCUT2D eigenvalue weighted by Crippen LogP contribution is 2.34. The van der Waals surface area contributed by atoms with Crippen LogP contribution in [0.15, 0.2) is 24.3 Å².